The molecule has 1 aliphatic rings. The van der Waals surface area contributed by atoms with E-state index in [1.807, 2.05) is 0 Å². The van der Waals surface area contributed by atoms with Crippen LogP contribution in [0.5, 0.6) is 0 Å². The molecule has 13 heavy (non-hydrogen) atoms. The van der Waals surface area contributed by atoms with E-state index in [-0.39, 0.29) is 5.41 Å². The third kappa shape index (κ3) is 2.45. The number of nitrogens with one attached hydrogen (secondary N) is 1. The molecule has 0 aliphatic carbocycles. The lowest BCUT2D eigenvalue weighted by Gasteiger charge is -2.41. The molecule has 1 atom stereocenters. The first-order valence-electron chi connectivity index (χ1n) is 5.27. The van der Waals surface area contributed by atoms with Gasteiger partial charge in [-0.15, -0.1) is 0 Å². The molecule has 2 nitrogen and oxygen atoms in total. The molecule has 0 radical (unpaired) electrons. The Morgan fingerprint density at radius 1 is 1.31 bits per heavy atom. The van der Waals surface area contributed by atoms with Gasteiger partial charge in [0, 0.05) is 19.0 Å². The highest BCUT2D eigenvalue weighted by molar-refractivity contribution is 5.80. The SMILES string of the molecule is CC(N1CCCCC1=N)C(C)(C)C. The summed E-state index contributed by atoms with van der Waals surface area (Å²) in [5.41, 5.74) is 0.281. The average molecular weight is 182 g/mol. The monoisotopic (exact) mass is 182 g/mol. The number of likely N-dealkylation sites (tertiary alicyclic amines) is 1. The molecule has 2 heteroatoms. The van der Waals surface area contributed by atoms with Crippen LogP contribution in [-0.4, -0.2) is 23.3 Å². The molecule has 0 spiro atoms. The molecule has 0 amide bonds. The van der Waals surface area contributed by atoms with Gasteiger partial charge in [0.1, 0.15) is 0 Å². The van der Waals surface area contributed by atoms with Crippen LogP contribution in [0.3, 0.4) is 0 Å². The third-order valence-corrected chi connectivity index (χ3v) is 3.13. The Bertz CT molecular complexity index is 191. The Morgan fingerprint density at radius 3 is 2.38 bits per heavy atom. The number of amidine groups is 1. The first-order valence-corrected chi connectivity index (χ1v) is 5.27. The average Bonchev–Trinajstić information content (AvgIpc) is 2.02. The van der Waals surface area contributed by atoms with Crippen LogP contribution in [0.4, 0.5) is 0 Å². The minimum atomic E-state index is 0.281. The highest BCUT2D eigenvalue weighted by atomic mass is 15.2. The Labute approximate surface area is 81.8 Å². The Balaban J connectivity index is 2.64. The number of nitrogens with zero attached hydrogens (tertiary/aromatic N) is 1. The molecule has 0 aromatic rings. The van der Waals surface area contributed by atoms with Crippen molar-refractivity contribution < 1.29 is 0 Å². The molecular formula is C11H22N2. The van der Waals surface area contributed by atoms with Gasteiger partial charge in [-0.05, 0) is 25.2 Å². The Morgan fingerprint density at radius 2 is 1.92 bits per heavy atom. The van der Waals surface area contributed by atoms with E-state index < -0.39 is 0 Å². The van der Waals surface area contributed by atoms with E-state index >= 15 is 0 Å². The molecule has 1 aliphatic heterocycles. The van der Waals surface area contributed by atoms with E-state index in [9.17, 15) is 0 Å². The first kappa shape index (κ1) is 10.6. The topological polar surface area (TPSA) is 27.1 Å². The molecule has 0 saturated carbocycles. The van der Waals surface area contributed by atoms with Gasteiger partial charge < -0.3 is 4.90 Å². The highest BCUT2D eigenvalue weighted by Crippen LogP contribution is 2.26. The van der Waals surface area contributed by atoms with Crippen LogP contribution in [0, 0.1) is 10.8 Å². The van der Waals surface area contributed by atoms with Gasteiger partial charge in [0.05, 0.1) is 5.84 Å². The normalized spacial score (nSPS) is 21.8. The number of hydrogen-bond donors (Lipinski definition) is 1. The lowest BCUT2D eigenvalue weighted by atomic mass is 9.86. The summed E-state index contributed by atoms with van der Waals surface area (Å²) in [6.45, 7) is 10.1. The Kier molecular flexibility index (Phi) is 2.99. The zero-order valence-corrected chi connectivity index (χ0v) is 9.35. The zero-order valence-electron chi connectivity index (χ0n) is 9.35. The second kappa shape index (κ2) is 3.69. The van der Waals surface area contributed by atoms with Crippen molar-refractivity contribution in [3.05, 3.63) is 0 Å². The van der Waals surface area contributed by atoms with Gasteiger partial charge in [0.2, 0.25) is 0 Å². The first-order chi connectivity index (χ1) is 5.93. The van der Waals surface area contributed by atoms with Gasteiger partial charge in [-0.3, -0.25) is 5.41 Å². The molecule has 1 rings (SSSR count). The third-order valence-electron chi connectivity index (χ3n) is 3.13. The second-order valence-corrected chi connectivity index (χ2v) is 5.14. The molecule has 0 aromatic carbocycles. The van der Waals surface area contributed by atoms with Gasteiger partial charge in [0.25, 0.3) is 0 Å². The fourth-order valence-corrected chi connectivity index (χ4v) is 1.75. The molecule has 1 saturated heterocycles. The molecule has 1 unspecified atom stereocenters. The minimum Gasteiger partial charge on any atom is -0.357 e. The highest BCUT2D eigenvalue weighted by Gasteiger charge is 2.28. The number of rotatable bonds is 1. The molecular weight excluding hydrogens is 160 g/mol. The maximum absolute atomic E-state index is 7.88. The molecule has 0 bridgehead atoms. The molecule has 0 aromatic heterocycles. The van der Waals surface area contributed by atoms with E-state index in [0.29, 0.717) is 6.04 Å². The standard InChI is InChI=1S/C11H22N2/c1-9(11(2,3)4)13-8-6-5-7-10(13)12/h9,12H,5-8H2,1-4H3. The molecule has 76 valence electrons. The second-order valence-electron chi connectivity index (χ2n) is 5.14. The van der Waals surface area contributed by atoms with Crippen molar-refractivity contribution in [3.8, 4) is 0 Å². The van der Waals surface area contributed by atoms with Crippen LogP contribution < -0.4 is 0 Å². The van der Waals surface area contributed by atoms with Crippen LogP contribution >= 0.6 is 0 Å². The summed E-state index contributed by atoms with van der Waals surface area (Å²) in [4.78, 5) is 2.27. The van der Waals surface area contributed by atoms with Crippen LogP contribution in [-0.2, 0) is 0 Å². The van der Waals surface area contributed by atoms with Crippen molar-refractivity contribution in [2.45, 2.75) is 53.0 Å². The molecule has 1 fully saturated rings. The van der Waals surface area contributed by atoms with E-state index in [2.05, 4.69) is 32.6 Å². The fourth-order valence-electron chi connectivity index (χ4n) is 1.75. The largest absolute Gasteiger partial charge is 0.357 e. The molecule has 1 N–H and O–H groups in total. The zero-order chi connectivity index (χ0) is 10.1. The lowest BCUT2D eigenvalue weighted by molar-refractivity contribution is 0.169. The summed E-state index contributed by atoms with van der Waals surface area (Å²) in [7, 11) is 0. The van der Waals surface area contributed by atoms with Gasteiger partial charge >= 0.3 is 0 Å². The summed E-state index contributed by atoms with van der Waals surface area (Å²) in [5, 5.41) is 7.88. The summed E-state index contributed by atoms with van der Waals surface area (Å²) in [6.07, 6.45) is 3.43. The van der Waals surface area contributed by atoms with Gasteiger partial charge in [-0.1, -0.05) is 20.8 Å². The smallest absolute Gasteiger partial charge is 0.0960 e. The van der Waals surface area contributed by atoms with Crippen molar-refractivity contribution in [2.24, 2.45) is 5.41 Å². The maximum Gasteiger partial charge on any atom is 0.0960 e. The van der Waals surface area contributed by atoms with Gasteiger partial charge in [-0.25, -0.2) is 0 Å². The quantitative estimate of drug-likeness (QED) is 0.663. The van der Waals surface area contributed by atoms with E-state index in [0.717, 1.165) is 18.8 Å². The van der Waals surface area contributed by atoms with E-state index in [1.54, 1.807) is 0 Å². The summed E-state index contributed by atoms with van der Waals surface area (Å²) in [6, 6.07) is 0.486. The van der Waals surface area contributed by atoms with Crippen molar-refractivity contribution in [2.75, 3.05) is 6.54 Å². The Hall–Kier alpha value is -0.530. The van der Waals surface area contributed by atoms with Crippen molar-refractivity contribution in [1.82, 2.24) is 4.90 Å². The van der Waals surface area contributed by atoms with Crippen LogP contribution in [0.25, 0.3) is 0 Å². The lowest BCUT2D eigenvalue weighted by Crippen LogP contribution is -2.47. The predicted octanol–water partition coefficient (Wildman–Crippen LogP) is 2.88. The summed E-state index contributed by atoms with van der Waals surface area (Å²) < 4.78 is 0. The fraction of sp³-hybridized carbons (Fsp3) is 0.909. The summed E-state index contributed by atoms with van der Waals surface area (Å²) in [5.74, 6) is 0.841. The predicted molar refractivity (Wildman–Crippen MR) is 57.2 cm³/mol. The maximum atomic E-state index is 7.88. The van der Waals surface area contributed by atoms with Crippen LogP contribution in [0.2, 0.25) is 0 Å². The number of piperidine rings is 1. The van der Waals surface area contributed by atoms with Crippen molar-refractivity contribution in [1.29, 1.82) is 5.41 Å². The van der Waals surface area contributed by atoms with Crippen LogP contribution in [0.1, 0.15) is 47.0 Å². The number of hydrogen-bond acceptors (Lipinski definition) is 1. The van der Waals surface area contributed by atoms with E-state index in [1.165, 1.54) is 12.8 Å². The van der Waals surface area contributed by atoms with Crippen LogP contribution in [0.15, 0.2) is 0 Å². The van der Waals surface area contributed by atoms with Crippen molar-refractivity contribution in [3.63, 3.8) is 0 Å². The van der Waals surface area contributed by atoms with E-state index in [4.69, 9.17) is 5.41 Å². The summed E-state index contributed by atoms with van der Waals surface area (Å²) >= 11 is 0. The minimum absolute atomic E-state index is 0.281. The van der Waals surface area contributed by atoms with Gasteiger partial charge in [-0.2, -0.15) is 0 Å². The molecule has 1 heterocycles. The van der Waals surface area contributed by atoms with Gasteiger partial charge in [0.15, 0.2) is 0 Å². The van der Waals surface area contributed by atoms with Crippen molar-refractivity contribution >= 4 is 5.84 Å².